The Kier molecular flexibility index (Phi) is 8.63. The van der Waals surface area contributed by atoms with Crippen molar-refractivity contribution in [1.29, 1.82) is 0 Å². The van der Waals surface area contributed by atoms with E-state index in [4.69, 9.17) is 18.9 Å². The maximum absolute atomic E-state index is 13.3. The molecule has 6 unspecified atom stereocenters. The van der Waals surface area contributed by atoms with E-state index in [2.05, 4.69) is 32.9 Å². The van der Waals surface area contributed by atoms with Gasteiger partial charge in [-0.25, -0.2) is 0 Å². The maximum Gasteiger partial charge on any atom is 0.310 e. The standard InChI is InChI=1S/C33H44O6/c1-32(2)28(38-32)18-19-33(3)29(39-33)17-15-23-14-16-26(30(34)36-21-24-10-6-4-7-11-24)27(20-23)31(35)37-22-25-12-8-5-9-13-25/h5-6,8-13,23,26-29H,4,7,14-22H2,1-3H3. The molecule has 6 atom stereocenters. The molecule has 1 aromatic carbocycles. The van der Waals surface area contributed by atoms with E-state index in [0.29, 0.717) is 24.9 Å². The number of rotatable bonds is 12. The van der Waals surface area contributed by atoms with Crippen LogP contribution in [0.5, 0.6) is 0 Å². The van der Waals surface area contributed by atoms with Crippen LogP contribution in [0.2, 0.25) is 0 Å². The molecule has 1 aromatic rings. The fourth-order valence-corrected chi connectivity index (χ4v) is 6.35. The van der Waals surface area contributed by atoms with E-state index in [1.54, 1.807) is 0 Å². The van der Waals surface area contributed by atoms with Crippen LogP contribution in [-0.2, 0) is 35.1 Å². The molecule has 2 aliphatic heterocycles. The fourth-order valence-electron chi connectivity index (χ4n) is 6.35. The van der Waals surface area contributed by atoms with Crippen LogP contribution in [0.1, 0.15) is 84.1 Å². The molecule has 3 fully saturated rings. The van der Waals surface area contributed by atoms with Gasteiger partial charge in [0.25, 0.3) is 0 Å². The molecule has 212 valence electrons. The van der Waals surface area contributed by atoms with Crippen LogP contribution in [0.4, 0.5) is 0 Å². The van der Waals surface area contributed by atoms with Crippen molar-refractivity contribution in [3.05, 3.63) is 59.7 Å². The number of hydrogen-bond donors (Lipinski definition) is 0. The van der Waals surface area contributed by atoms with E-state index in [1.807, 2.05) is 36.4 Å². The van der Waals surface area contributed by atoms with Crippen LogP contribution >= 0.6 is 0 Å². The van der Waals surface area contributed by atoms with Gasteiger partial charge in [-0.15, -0.1) is 0 Å². The Morgan fingerprint density at radius 1 is 0.872 bits per heavy atom. The second-order valence-electron chi connectivity index (χ2n) is 12.6. The minimum Gasteiger partial charge on any atom is -0.461 e. The predicted octanol–water partition coefficient (Wildman–Crippen LogP) is 6.48. The summed E-state index contributed by atoms with van der Waals surface area (Å²) in [4.78, 5) is 26.5. The number of carbonyl (C=O) groups is 2. The number of esters is 2. The zero-order chi connectivity index (χ0) is 27.5. The van der Waals surface area contributed by atoms with Crippen molar-refractivity contribution in [2.75, 3.05) is 6.61 Å². The third-order valence-electron chi connectivity index (χ3n) is 9.18. The molecule has 2 heterocycles. The van der Waals surface area contributed by atoms with Gasteiger partial charge in [-0.1, -0.05) is 48.6 Å². The summed E-state index contributed by atoms with van der Waals surface area (Å²) in [6.07, 6.45) is 15.1. The number of benzene rings is 1. The lowest BCUT2D eigenvalue weighted by Crippen LogP contribution is -2.38. The van der Waals surface area contributed by atoms with E-state index < -0.39 is 11.8 Å². The molecule has 0 bridgehead atoms. The average molecular weight is 537 g/mol. The Morgan fingerprint density at radius 3 is 2.33 bits per heavy atom. The Hall–Kier alpha value is -2.44. The first kappa shape index (κ1) is 28.1. The smallest absolute Gasteiger partial charge is 0.310 e. The second kappa shape index (κ2) is 12.0. The first-order valence-electron chi connectivity index (χ1n) is 14.8. The largest absolute Gasteiger partial charge is 0.461 e. The zero-order valence-electron chi connectivity index (χ0n) is 23.7. The molecule has 0 aromatic heterocycles. The van der Waals surface area contributed by atoms with Crippen molar-refractivity contribution >= 4 is 11.9 Å². The molecule has 6 heteroatoms. The lowest BCUT2D eigenvalue weighted by atomic mass is 9.72. The Morgan fingerprint density at radius 2 is 1.62 bits per heavy atom. The topological polar surface area (TPSA) is 77.7 Å². The highest BCUT2D eigenvalue weighted by Crippen LogP contribution is 2.48. The van der Waals surface area contributed by atoms with Crippen LogP contribution in [0.25, 0.3) is 0 Å². The number of ether oxygens (including phenoxy) is 4. The quantitative estimate of drug-likeness (QED) is 0.225. The van der Waals surface area contributed by atoms with Crippen molar-refractivity contribution in [3.63, 3.8) is 0 Å². The molecular weight excluding hydrogens is 492 g/mol. The monoisotopic (exact) mass is 536 g/mol. The highest BCUT2D eigenvalue weighted by molar-refractivity contribution is 5.82. The summed E-state index contributed by atoms with van der Waals surface area (Å²) in [5.41, 5.74) is 1.93. The summed E-state index contributed by atoms with van der Waals surface area (Å²) >= 11 is 0. The van der Waals surface area contributed by atoms with Gasteiger partial charge in [-0.3, -0.25) is 9.59 Å². The molecule has 1 saturated carbocycles. The van der Waals surface area contributed by atoms with Crippen molar-refractivity contribution in [2.24, 2.45) is 17.8 Å². The first-order valence-corrected chi connectivity index (χ1v) is 14.8. The van der Waals surface area contributed by atoms with Gasteiger partial charge in [0.15, 0.2) is 0 Å². The maximum atomic E-state index is 13.3. The lowest BCUT2D eigenvalue weighted by molar-refractivity contribution is -0.164. The summed E-state index contributed by atoms with van der Waals surface area (Å²) in [5, 5.41) is 0. The predicted molar refractivity (Wildman–Crippen MR) is 149 cm³/mol. The first-order chi connectivity index (χ1) is 18.7. The van der Waals surface area contributed by atoms with Gasteiger partial charge in [0.1, 0.15) is 13.2 Å². The molecule has 6 nitrogen and oxygen atoms in total. The molecule has 4 aliphatic rings. The van der Waals surface area contributed by atoms with E-state index in [-0.39, 0.29) is 42.5 Å². The molecule has 2 aliphatic carbocycles. The molecule has 0 radical (unpaired) electrons. The fraction of sp³-hybridized carbons (Fsp3) is 0.636. The van der Waals surface area contributed by atoms with Crippen molar-refractivity contribution in [3.8, 4) is 0 Å². The Bertz CT molecular complexity index is 1070. The summed E-state index contributed by atoms with van der Waals surface area (Å²) in [6.45, 7) is 6.98. The van der Waals surface area contributed by atoms with E-state index >= 15 is 0 Å². The Labute approximate surface area is 233 Å². The van der Waals surface area contributed by atoms with Gasteiger partial charge in [0.2, 0.25) is 0 Å². The zero-order valence-corrected chi connectivity index (χ0v) is 23.7. The minimum absolute atomic E-state index is 0.0225. The van der Waals surface area contributed by atoms with Crippen molar-refractivity contribution in [2.45, 2.75) is 109 Å². The second-order valence-corrected chi connectivity index (χ2v) is 12.6. The minimum atomic E-state index is -0.475. The third-order valence-corrected chi connectivity index (χ3v) is 9.18. The number of epoxide rings is 2. The number of carbonyl (C=O) groups excluding carboxylic acids is 2. The summed E-state index contributed by atoms with van der Waals surface area (Å²) < 4.78 is 23.3. The van der Waals surface area contributed by atoms with Gasteiger partial charge in [-0.2, -0.15) is 0 Å². The highest BCUT2D eigenvalue weighted by atomic mass is 16.6. The SMILES string of the molecule is CC1(C)OC1CCC1(C)OC1CCC1CCC(C(=O)OCC2=CCCC=C2)C(C(=O)OCc2ccccc2)C1. The summed E-state index contributed by atoms with van der Waals surface area (Å²) in [6, 6.07) is 9.69. The molecular formula is C33H44O6. The van der Waals surface area contributed by atoms with Gasteiger partial charge in [0, 0.05) is 0 Å². The van der Waals surface area contributed by atoms with Crippen LogP contribution in [-0.4, -0.2) is 42.0 Å². The highest BCUT2D eigenvalue weighted by Gasteiger charge is 2.55. The average Bonchev–Trinajstić information content (AvgIpc) is 3.81. The normalized spacial score (nSPS) is 32.7. The summed E-state index contributed by atoms with van der Waals surface area (Å²) in [5.74, 6) is -1.13. The van der Waals surface area contributed by atoms with E-state index in [0.717, 1.165) is 56.1 Å². The van der Waals surface area contributed by atoms with Crippen LogP contribution in [0, 0.1) is 17.8 Å². The van der Waals surface area contributed by atoms with Crippen LogP contribution in [0.15, 0.2) is 54.1 Å². The van der Waals surface area contributed by atoms with Crippen molar-refractivity contribution in [1.82, 2.24) is 0 Å². The molecule has 0 N–H and O–H groups in total. The summed E-state index contributed by atoms with van der Waals surface area (Å²) in [7, 11) is 0. The van der Waals surface area contributed by atoms with Gasteiger partial charge in [0.05, 0.1) is 35.2 Å². The molecule has 39 heavy (non-hydrogen) atoms. The van der Waals surface area contributed by atoms with Crippen LogP contribution < -0.4 is 0 Å². The number of hydrogen-bond acceptors (Lipinski definition) is 6. The molecule has 0 spiro atoms. The third kappa shape index (κ3) is 7.40. The Balaban J connectivity index is 1.14. The lowest BCUT2D eigenvalue weighted by Gasteiger charge is -2.33. The molecule has 0 amide bonds. The molecule has 5 rings (SSSR count). The van der Waals surface area contributed by atoms with Gasteiger partial charge in [-0.05, 0) is 95.6 Å². The van der Waals surface area contributed by atoms with E-state index in [1.165, 1.54) is 0 Å². The molecule has 2 saturated heterocycles. The van der Waals surface area contributed by atoms with Gasteiger partial charge >= 0.3 is 11.9 Å². The van der Waals surface area contributed by atoms with Crippen molar-refractivity contribution < 1.29 is 28.5 Å². The van der Waals surface area contributed by atoms with Gasteiger partial charge < -0.3 is 18.9 Å². The number of allylic oxidation sites excluding steroid dienone is 2. The van der Waals surface area contributed by atoms with E-state index in [9.17, 15) is 9.59 Å². The van der Waals surface area contributed by atoms with Crippen LogP contribution in [0.3, 0.4) is 0 Å².